The van der Waals surface area contributed by atoms with Gasteiger partial charge in [-0.05, 0) is 17.7 Å². The predicted molar refractivity (Wildman–Crippen MR) is 117 cm³/mol. The predicted octanol–water partition coefficient (Wildman–Crippen LogP) is 4.30. The first kappa shape index (κ1) is 18.9. The van der Waals surface area contributed by atoms with Crippen molar-refractivity contribution >= 4 is 28.2 Å². The number of H-pyrrole nitrogens is 1. The van der Waals surface area contributed by atoms with Gasteiger partial charge in [-0.3, -0.25) is 5.10 Å². The Morgan fingerprint density at radius 1 is 1.03 bits per heavy atom. The zero-order valence-corrected chi connectivity index (χ0v) is 16.8. The van der Waals surface area contributed by atoms with Gasteiger partial charge in [0.1, 0.15) is 11.6 Å². The van der Waals surface area contributed by atoms with E-state index in [2.05, 4.69) is 45.1 Å². The van der Waals surface area contributed by atoms with Crippen molar-refractivity contribution in [3.63, 3.8) is 0 Å². The number of anilines is 3. The average Bonchev–Trinajstić information content (AvgIpc) is 3.16. The van der Waals surface area contributed by atoms with Crippen LogP contribution >= 0.6 is 0 Å². The summed E-state index contributed by atoms with van der Waals surface area (Å²) in [5, 5.41) is 16.1. The number of fused-ring (bicyclic) bond motifs is 1. The topological polar surface area (TPSA) is 87.8 Å². The van der Waals surface area contributed by atoms with Crippen LogP contribution in [0.4, 0.5) is 17.5 Å². The number of ether oxygens (including phenoxy) is 1. The molecule has 7 nitrogen and oxygen atoms in total. The molecule has 0 aliphatic carbocycles. The molecule has 0 unspecified atom stereocenters. The molecule has 3 N–H and O–H groups in total. The molecule has 29 heavy (non-hydrogen) atoms. The molecule has 2 aromatic heterocycles. The van der Waals surface area contributed by atoms with E-state index in [4.69, 9.17) is 14.7 Å². The maximum atomic E-state index is 5.29. The quantitative estimate of drug-likeness (QED) is 0.437. The minimum Gasteiger partial charge on any atom is -0.384 e. The van der Waals surface area contributed by atoms with E-state index in [0.717, 1.165) is 39.2 Å². The molecule has 0 atom stereocenters. The van der Waals surface area contributed by atoms with Gasteiger partial charge in [0.2, 0.25) is 0 Å². The van der Waals surface area contributed by atoms with Crippen molar-refractivity contribution < 1.29 is 4.74 Å². The van der Waals surface area contributed by atoms with Crippen LogP contribution in [0.15, 0.2) is 48.5 Å². The van der Waals surface area contributed by atoms with Crippen molar-refractivity contribution in [3.8, 4) is 11.4 Å². The molecule has 4 rings (SSSR count). The molecule has 0 saturated heterocycles. The molecule has 0 spiro atoms. The standard InChI is InChI=1S/C22H24N6O/c1-14-13-19(28-27-14)24-22-18(11-12-29-3)20(23-2)25-21(26-22)17-10-6-8-15-7-4-5-9-16(15)17/h4-10,13H,11-12H2,1-3H3,(H3,23,24,25,26,27,28). The molecule has 0 saturated carbocycles. The van der Waals surface area contributed by atoms with Gasteiger partial charge in [0.25, 0.3) is 0 Å². The van der Waals surface area contributed by atoms with E-state index in [1.165, 1.54) is 0 Å². The molecule has 0 aliphatic rings. The Morgan fingerprint density at radius 3 is 2.59 bits per heavy atom. The summed E-state index contributed by atoms with van der Waals surface area (Å²) in [5.41, 5.74) is 2.92. The Labute approximate surface area is 169 Å². The Kier molecular flexibility index (Phi) is 5.39. The SMILES string of the molecule is CNc1nc(-c2cccc3ccccc23)nc(Nc2cc(C)[nH]n2)c1CCOC. The van der Waals surface area contributed by atoms with Gasteiger partial charge in [0.05, 0.1) is 6.61 Å². The number of hydrogen-bond acceptors (Lipinski definition) is 6. The summed E-state index contributed by atoms with van der Waals surface area (Å²) in [6.07, 6.45) is 0.675. The van der Waals surface area contributed by atoms with Crippen LogP contribution in [0.3, 0.4) is 0 Å². The maximum Gasteiger partial charge on any atom is 0.164 e. The normalized spacial score (nSPS) is 11.0. The Hall–Kier alpha value is -3.45. The largest absolute Gasteiger partial charge is 0.384 e. The first-order valence-electron chi connectivity index (χ1n) is 9.54. The van der Waals surface area contributed by atoms with Gasteiger partial charge in [-0.2, -0.15) is 5.10 Å². The summed E-state index contributed by atoms with van der Waals surface area (Å²) in [6.45, 7) is 2.53. The first-order chi connectivity index (χ1) is 14.2. The van der Waals surface area contributed by atoms with E-state index in [1.54, 1.807) is 7.11 Å². The smallest absolute Gasteiger partial charge is 0.164 e. The summed E-state index contributed by atoms with van der Waals surface area (Å²) >= 11 is 0. The van der Waals surface area contributed by atoms with E-state index in [9.17, 15) is 0 Å². The highest BCUT2D eigenvalue weighted by atomic mass is 16.5. The van der Waals surface area contributed by atoms with Crippen LogP contribution in [0.25, 0.3) is 22.2 Å². The molecule has 0 aliphatic heterocycles. The van der Waals surface area contributed by atoms with Crippen molar-refractivity contribution in [3.05, 3.63) is 59.8 Å². The van der Waals surface area contributed by atoms with Crippen LogP contribution in [-0.4, -0.2) is 40.9 Å². The number of hydrogen-bond donors (Lipinski definition) is 3. The highest BCUT2D eigenvalue weighted by molar-refractivity contribution is 5.95. The maximum absolute atomic E-state index is 5.29. The Balaban J connectivity index is 1.87. The molecular weight excluding hydrogens is 364 g/mol. The van der Waals surface area contributed by atoms with Gasteiger partial charge < -0.3 is 15.4 Å². The number of benzene rings is 2. The lowest BCUT2D eigenvalue weighted by molar-refractivity contribution is 0.202. The zero-order valence-electron chi connectivity index (χ0n) is 16.8. The summed E-state index contributed by atoms with van der Waals surface area (Å²) in [7, 11) is 3.56. The van der Waals surface area contributed by atoms with Crippen LogP contribution in [0.5, 0.6) is 0 Å². The second-order valence-electron chi connectivity index (χ2n) is 6.80. The van der Waals surface area contributed by atoms with Crippen molar-refractivity contribution in [2.75, 3.05) is 31.4 Å². The molecule has 2 heterocycles. The van der Waals surface area contributed by atoms with E-state index in [1.807, 2.05) is 38.2 Å². The Morgan fingerprint density at radius 2 is 1.83 bits per heavy atom. The molecule has 148 valence electrons. The van der Waals surface area contributed by atoms with E-state index < -0.39 is 0 Å². The fourth-order valence-electron chi connectivity index (χ4n) is 3.38. The Bertz CT molecular complexity index is 1130. The fraction of sp³-hybridized carbons (Fsp3) is 0.227. The number of aromatic nitrogens is 4. The van der Waals surface area contributed by atoms with Crippen molar-refractivity contribution in [2.45, 2.75) is 13.3 Å². The second kappa shape index (κ2) is 8.28. The number of aromatic amines is 1. The van der Waals surface area contributed by atoms with E-state index >= 15 is 0 Å². The number of aryl methyl sites for hydroxylation is 1. The molecule has 7 heteroatoms. The number of nitrogens with zero attached hydrogens (tertiary/aromatic N) is 3. The summed E-state index contributed by atoms with van der Waals surface area (Å²) < 4.78 is 5.29. The third-order valence-corrected chi connectivity index (χ3v) is 4.78. The van der Waals surface area contributed by atoms with Gasteiger partial charge in [0, 0.05) is 43.5 Å². The molecule has 4 aromatic rings. The first-order valence-corrected chi connectivity index (χ1v) is 9.54. The molecule has 0 fully saturated rings. The highest BCUT2D eigenvalue weighted by Crippen LogP contribution is 2.31. The second-order valence-corrected chi connectivity index (χ2v) is 6.80. The number of methoxy groups -OCH3 is 1. The minimum absolute atomic E-state index is 0.569. The van der Waals surface area contributed by atoms with Crippen LogP contribution in [0, 0.1) is 6.92 Å². The number of nitrogens with one attached hydrogen (secondary N) is 3. The van der Waals surface area contributed by atoms with E-state index in [-0.39, 0.29) is 0 Å². The average molecular weight is 388 g/mol. The molecule has 0 radical (unpaired) electrons. The van der Waals surface area contributed by atoms with Crippen LogP contribution in [0.2, 0.25) is 0 Å². The van der Waals surface area contributed by atoms with Gasteiger partial charge in [-0.25, -0.2) is 9.97 Å². The van der Waals surface area contributed by atoms with Gasteiger partial charge in [-0.1, -0.05) is 42.5 Å². The van der Waals surface area contributed by atoms with Gasteiger partial charge >= 0.3 is 0 Å². The van der Waals surface area contributed by atoms with Crippen LogP contribution in [-0.2, 0) is 11.2 Å². The molecule has 2 aromatic carbocycles. The van der Waals surface area contributed by atoms with Crippen LogP contribution in [0.1, 0.15) is 11.3 Å². The third-order valence-electron chi connectivity index (χ3n) is 4.78. The van der Waals surface area contributed by atoms with E-state index in [0.29, 0.717) is 24.7 Å². The molecule has 0 bridgehead atoms. The fourth-order valence-corrected chi connectivity index (χ4v) is 3.38. The van der Waals surface area contributed by atoms with Crippen molar-refractivity contribution in [1.29, 1.82) is 0 Å². The summed E-state index contributed by atoms with van der Waals surface area (Å²) in [5.74, 6) is 2.86. The molecule has 0 amide bonds. The zero-order chi connectivity index (χ0) is 20.2. The summed E-state index contributed by atoms with van der Waals surface area (Å²) in [6, 6.07) is 16.4. The lowest BCUT2D eigenvalue weighted by atomic mass is 10.0. The lowest BCUT2D eigenvalue weighted by Gasteiger charge is -2.16. The molecular formula is C22H24N6O. The van der Waals surface area contributed by atoms with Crippen LogP contribution < -0.4 is 10.6 Å². The highest BCUT2D eigenvalue weighted by Gasteiger charge is 2.17. The van der Waals surface area contributed by atoms with Crippen molar-refractivity contribution in [2.24, 2.45) is 0 Å². The number of rotatable bonds is 7. The lowest BCUT2D eigenvalue weighted by Crippen LogP contribution is -2.10. The summed E-state index contributed by atoms with van der Waals surface area (Å²) in [4.78, 5) is 9.71. The third kappa shape index (κ3) is 3.90. The minimum atomic E-state index is 0.569. The van der Waals surface area contributed by atoms with Gasteiger partial charge in [0.15, 0.2) is 11.6 Å². The van der Waals surface area contributed by atoms with Crippen molar-refractivity contribution in [1.82, 2.24) is 20.2 Å². The monoisotopic (exact) mass is 388 g/mol. The van der Waals surface area contributed by atoms with Gasteiger partial charge in [-0.15, -0.1) is 0 Å².